The first kappa shape index (κ1) is 16.9. The summed E-state index contributed by atoms with van der Waals surface area (Å²) in [6, 6.07) is 0. The third kappa shape index (κ3) is 11.4. The molecule has 0 aromatic rings. The van der Waals surface area contributed by atoms with Crippen molar-refractivity contribution in [2.45, 2.75) is 34.1 Å². The minimum absolute atomic E-state index is 0.0627. The Morgan fingerprint density at radius 2 is 1.44 bits per heavy atom. The highest BCUT2D eigenvalue weighted by molar-refractivity contribution is 5.81. The maximum absolute atomic E-state index is 11.4. The second-order valence-corrected chi connectivity index (χ2v) is 5.33. The van der Waals surface area contributed by atoms with Gasteiger partial charge in [-0.25, -0.2) is 0 Å². The normalized spacial score (nSPS) is 10.8. The summed E-state index contributed by atoms with van der Waals surface area (Å²) in [4.78, 5) is 22.7. The molecule has 0 heterocycles. The molecule has 0 radical (unpaired) electrons. The predicted molar refractivity (Wildman–Crippen MR) is 73.2 cm³/mol. The number of hydrogen-bond donors (Lipinski definition) is 3. The zero-order valence-corrected chi connectivity index (χ0v) is 12.0. The van der Waals surface area contributed by atoms with E-state index in [0.717, 1.165) is 6.42 Å². The Kier molecular flexibility index (Phi) is 9.28. The number of hydrogen-bond acceptors (Lipinski definition) is 3. The van der Waals surface area contributed by atoms with Gasteiger partial charge in [-0.2, -0.15) is 0 Å². The van der Waals surface area contributed by atoms with Crippen LogP contribution in [0.2, 0.25) is 0 Å². The summed E-state index contributed by atoms with van der Waals surface area (Å²) in [6.07, 6.45) is 0.973. The molecule has 5 nitrogen and oxygen atoms in total. The van der Waals surface area contributed by atoms with Crippen LogP contribution in [-0.2, 0) is 9.59 Å². The molecule has 0 aliphatic heterocycles. The smallest absolute Gasteiger partial charge is 0.233 e. The molecule has 0 bridgehead atoms. The molecule has 0 rings (SSSR count). The minimum atomic E-state index is -0.0707. The van der Waals surface area contributed by atoms with Gasteiger partial charge < -0.3 is 10.6 Å². The Morgan fingerprint density at radius 1 is 0.889 bits per heavy atom. The van der Waals surface area contributed by atoms with Crippen molar-refractivity contribution in [2.24, 2.45) is 11.8 Å². The van der Waals surface area contributed by atoms with Crippen LogP contribution in [0.3, 0.4) is 0 Å². The van der Waals surface area contributed by atoms with Crippen molar-refractivity contribution in [2.75, 3.05) is 26.2 Å². The lowest BCUT2D eigenvalue weighted by atomic mass is 10.1. The molecule has 0 aromatic carbocycles. The van der Waals surface area contributed by atoms with Crippen LogP contribution in [0.4, 0.5) is 0 Å². The lowest BCUT2D eigenvalue weighted by Crippen LogP contribution is -2.40. The molecule has 0 fully saturated rings. The van der Waals surface area contributed by atoms with Gasteiger partial charge in [-0.3, -0.25) is 14.9 Å². The topological polar surface area (TPSA) is 70.2 Å². The highest BCUT2D eigenvalue weighted by Crippen LogP contribution is 1.95. The SMILES string of the molecule is CC(C)CCNC(=O)CNCC(=O)NCC(C)C. The fourth-order valence-electron chi connectivity index (χ4n) is 1.23. The largest absolute Gasteiger partial charge is 0.355 e. The number of nitrogens with one attached hydrogen (secondary N) is 3. The van der Waals surface area contributed by atoms with E-state index in [1.807, 2.05) is 13.8 Å². The van der Waals surface area contributed by atoms with E-state index in [-0.39, 0.29) is 24.9 Å². The number of rotatable bonds is 9. The standard InChI is InChI=1S/C13H27N3O2/c1-10(2)5-6-15-12(17)8-14-9-13(18)16-7-11(3)4/h10-11,14H,5-9H2,1-4H3,(H,15,17)(H,16,18). The Balaban J connectivity index is 3.47. The quantitative estimate of drug-likeness (QED) is 0.564. The van der Waals surface area contributed by atoms with Crippen molar-refractivity contribution in [3.05, 3.63) is 0 Å². The van der Waals surface area contributed by atoms with Crippen molar-refractivity contribution in [1.82, 2.24) is 16.0 Å². The van der Waals surface area contributed by atoms with E-state index < -0.39 is 0 Å². The van der Waals surface area contributed by atoms with Crippen LogP contribution in [0, 0.1) is 11.8 Å². The van der Waals surface area contributed by atoms with Gasteiger partial charge in [0, 0.05) is 13.1 Å². The fraction of sp³-hybridized carbons (Fsp3) is 0.846. The number of carbonyl (C=O) groups is 2. The van der Waals surface area contributed by atoms with Crippen LogP contribution in [-0.4, -0.2) is 38.0 Å². The van der Waals surface area contributed by atoms with Crippen molar-refractivity contribution < 1.29 is 9.59 Å². The van der Waals surface area contributed by atoms with Crippen LogP contribution in [0.25, 0.3) is 0 Å². The van der Waals surface area contributed by atoms with E-state index in [1.165, 1.54) is 0 Å². The summed E-state index contributed by atoms with van der Waals surface area (Å²) < 4.78 is 0. The second kappa shape index (κ2) is 9.88. The molecule has 5 heteroatoms. The van der Waals surface area contributed by atoms with Gasteiger partial charge in [0.25, 0.3) is 0 Å². The maximum Gasteiger partial charge on any atom is 0.233 e. The highest BCUT2D eigenvalue weighted by atomic mass is 16.2. The Bertz CT molecular complexity index is 253. The summed E-state index contributed by atoms with van der Waals surface area (Å²) in [5.74, 6) is 0.888. The fourth-order valence-corrected chi connectivity index (χ4v) is 1.23. The molecular formula is C13H27N3O2. The van der Waals surface area contributed by atoms with Gasteiger partial charge in [-0.15, -0.1) is 0 Å². The maximum atomic E-state index is 11.4. The lowest BCUT2D eigenvalue weighted by molar-refractivity contribution is -0.121. The highest BCUT2D eigenvalue weighted by Gasteiger charge is 2.04. The first-order valence-corrected chi connectivity index (χ1v) is 6.66. The molecule has 2 amide bonds. The Labute approximate surface area is 110 Å². The van der Waals surface area contributed by atoms with Crippen LogP contribution in [0.5, 0.6) is 0 Å². The van der Waals surface area contributed by atoms with Gasteiger partial charge >= 0.3 is 0 Å². The van der Waals surface area contributed by atoms with Crippen molar-refractivity contribution in [3.63, 3.8) is 0 Å². The molecule has 18 heavy (non-hydrogen) atoms. The first-order valence-electron chi connectivity index (χ1n) is 6.66. The molecular weight excluding hydrogens is 230 g/mol. The monoisotopic (exact) mass is 257 g/mol. The minimum Gasteiger partial charge on any atom is -0.355 e. The molecule has 0 unspecified atom stereocenters. The first-order chi connectivity index (χ1) is 8.41. The molecule has 3 N–H and O–H groups in total. The third-order valence-corrected chi connectivity index (χ3v) is 2.32. The number of carbonyl (C=O) groups excluding carboxylic acids is 2. The summed E-state index contributed by atoms with van der Waals surface area (Å²) in [5.41, 5.74) is 0. The summed E-state index contributed by atoms with van der Waals surface area (Å²) in [5, 5.41) is 8.41. The molecule has 0 saturated carbocycles. The molecule has 0 aliphatic rings. The van der Waals surface area contributed by atoms with Gasteiger partial charge in [-0.1, -0.05) is 27.7 Å². The average Bonchev–Trinajstić information content (AvgIpc) is 2.25. The molecule has 0 atom stereocenters. The van der Waals surface area contributed by atoms with Crippen molar-refractivity contribution in [3.8, 4) is 0 Å². The summed E-state index contributed by atoms with van der Waals surface area (Å²) >= 11 is 0. The molecule has 0 aromatic heterocycles. The molecule has 0 aliphatic carbocycles. The predicted octanol–water partition coefficient (Wildman–Crippen LogP) is 0.511. The van der Waals surface area contributed by atoms with Gasteiger partial charge in [0.1, 0.15) is 0 Å². The molecule has 0 saturated heterocycles. The third-order valence-electron chi connectivity index (χ3n) is 2.32. The van der Waals surface area contributed by atoms with Crippen molar-refractivity contribution in [1.29, 1.82) is 0 Å². The van der Waals surface area contributed by atoms with E-state index in [4.69, 9.17) is 0 Å². The van der Waals surface area contributed by atoms with E-state index in [1.54, 1.807) is 0 Å². The van der Waals surface area contributed by atoms with Crippen LogP contribution in [0.15, 0.2) is 0 Å². The van der Waals surface area contributed by atoms with Gasteiger partial charge in [0.05, 0.1) is 13.1 Å². The van der Waals surface area contributed by atoms with Crippen LogP contribution < -0.4 is 16.0 Å². The van der Waals surface area contributed by atoms with Crippen LogP contribution >= 0.6 is 0 Å². The second-order valence-electron chi connectivity index (χ2n) is 5.33. The van der Waals surface area contributed by atoms with Crippen molar-refractivity contribution >= 4 is 11.8 Å². The van der Waals surface area contributed by atoms with E-state index in [0.29, 0.717) is 24.9 Å². The zero-order valence-electron chi connectivity index (χ0n) is 12.0. The average molecular weight is 257 g/mol. The zero-order chi connectivity index (χ0) is 14.0. The molecule has 0 spiro atoms. The van der Waals surface area contributed by atoms with E-state index >= 15 is 0 Å². The Morgan fingerprint density at radius 3 is 1.94 bits per heavy atom. The van der Waals surface area contributed by atoms with Gasteiger partial charge in [0.15, 0.2) is 0 Å². The van der Waals surface area contributed by atoms with Crippen LogP contribution in [0.1, 0.15) is 34.1 Å². The van der Waals surface area contributed by atoms with Gasteiger partial charge in [0.2, 0.25) is 11.8 Å². The summed E-state index contributed by atoms with van der Waals surface area (Å²) in [7, 11) is 0. The van der Waals surface area contributed by atoms with Gasteiger partial charge in [-0.05, 0) is 18.3 Å². The molecule has 106 valence electrons. The number of amides is 2. The Hall–Kier alpha value is -1.10. The van der Waals surface area contributed by atoms with E-state index in [2.05, 4.69) is 29.8 Å². The summed E-state index contributed by atoms with van der Waals surface area (Å²) in [6.45, 7) is 10.0. The van der Waals surface area contributed by atoms with E-state index in [9.17, 15) is 9.59 Å². The lowest BCUT2D eigenvalue weighted by Gasteiger charge is -2.09.